The molecule has 19 heavy (non-hydrogen) atoms. The molecule has 0 bridgehead atoms. The Morgan fingerprint density at radius 1 is 0.947 bits per heavy atom. The quantitative estimate of drug-likeness (QED) is 0.581. The van der Waals surface area contributed by atoms with Crippen LogP contribution >= 0.6 is 0 Å². The number of benzene rings is 1. The van der Waals surface area contributed by atoms with Gasteiger partial charge in [-0.3, -0.25) is 0 Å². The maximum atomic E-state index is 8.87. The fourth-order valence-corrected chi connectivity index (χ4v) is 2.37. The molecule has 2 nitrogen and oxygen atoms in total. The molecular weight excluding hydrogens is 234 g/mol. The molecule has 0 saturated heterocycles. The molecule has 0 spiro atoms. The van der Waals surface area contributed by atoms with Crippen molar-refractivity contribution in [3.05, 3.63) is 29.8 Å². The van der Waals surface area contributed by atoms with Gasteiger partial charge in [-0.05, 0) is 24.5 Å². The van der Waals surface area contributed by atoms with Crippen molar-refractivity contribution in [1.29, 1.82) is 0 Å². The number of aliphatic hydroxyl groups is 1. The van der Waals surface area contributed by atoms with E-state index in [1.165, 1.54) is 56.2 Å². The van der Waals surface area contributed by atoms with Crippen LogP contribution in [0.25, 0.3) is 0 Å². The van der Waals surface area contributed by atoms with Gasteiger partial charge in [0.25, 0.3) is 0 Å². The van der Waals surface area contributed by atoms with E-state index in [4.69, 9.17) is 5.11 Å². The van der Waals surface area contributed by atoms with E-state index in [-0.39, 0.29) is 6.61 Å². The van der Waals surface area contributed by atoms with Gasteiger partial charge >= 0.3 is 0 Å². The zero-order valence-electron chi connectivity index (χ0n) is 12.3. The van der Waals surface area contributed by atoms with E-state index in [0.717, 1.165) is 6.42 Å². The van der Waals surface area contributed by atoms with Crippen molar-refractivity contribution in [1.82, 2.24) is 0 Å². The van der Waals surface area contributed by atoms with Crippen molar-refractivity contribution in [3.63, 3.8) is 0 Å². The SMILES string of the molecule is CCCCCCCCCc1ccccc1NCCO. The minimum atomic E-state index is 0.186. The second-order valence-electron chi connectivity index (χ2n) is 5.18. The lowest BCUT2D eigenvalue weighted by atomic mass is 10.0. The predicted molar refractivity (Wildman–Crippen MR) is 83.7 cm³/mol. The second kappa shape index (κ2) is 10.9. The Bertz CT molecular complexity index is 325. The van der Waals surface area contributed by atoms with E-state index in [2.05, 4.69) is 30.4 Å². The molecule has 0 heterocycles. The zero-order chi connectivity index (χ0) is 13.8. The molecule has 2 heteroatoms. The molecule has 0 aliphatic carbocycles. The first kappa shape index (κ1) is 16.0. The van der Waals surface area contributed by atoms with Gasteiger partial charge in [0.15, 0.2) is 0 Å². The molecule has 0 aliphatic heterocycles. The van der Waals surface area contributed by atoms with E-state index in [9.17, 15) is 0 Å². The first-order chi connectivity index (χ1) is 9.38. The lowest BCUT2D eigenvalue weighted by molar-refractivity contribution is 0.311. The Labute approximate surface area is 118 Å². The van der Waals surface area contributed by atoms with Gasteiger partial charge in [-0.25, -0.2) is 0 Å². The maximum Gasteiger partial charge on any atom is 0.0604 e. The highest BCUT2D eigenvalue weighted by atomic mass is 16.3. The molecule has 0 amide bonds. The van der Waals surface area contributed by atoms with Crippen LogP contribution < -0.4 is 5.32 Å². The Balaban J connectivity index is 2.21. The van der Waals surface area contributed by atoms with E-state index in [1.54, 1.807) is 0 Å². The van der Waals surface area contributed by atoms with Gasteiger partial charge in [-0.15, -0.1) is 0 Å². The Morgan fingerprint density at radius 3 is 2.37 bits per heavy atom. The van der Waals surface area contributed by atoms with E-state index < -0.39 is 0 Å². The molecule has 1 aromatic rings. The summed E-state index contributed by atoms with van der Waals surface area (Å²) in [4.78, 5) is 0. The lowest BCUT2D eigenvalue weighted by Gasteiger charge is -2.11. The maximum absolute atomic E-state index is 8.87. The van der Waals surface area contributed by atoms with Crippen molar-refractivity contribution >= 4 is 5.69 Å². The van der Waals surface area contributed by atoms with Crippen LogP contribution in [-0.4, -0.2) is 18.3 Å². The number of hydrogen-bond acceptors (Lipinski definition) is 2. The molecule has 0 fully saturated rings. The molecule has 108 valence electrons. The molecule has 0 radical (unpaired) electrons. The summed E-state index contributed by atoms with van der Waals surface area (Å²) < 4.78 is 0. The van der Waals surface area contributed by atoms with Crippen LogP contribution in [0.1, 0.15) is 57.4 Å². The summed E-state index contributed by atoms with van der Waals surface area (Å²) in [7, 11) is 0. The van der Waals surface area contributed by atoms with Crippen LogP contribution in [0, 0.1) is 0 Å². The van der Waals surface area contributed by atoms with Gasteiger partial charge in [0.1, 0.15) is 0 Å². The zero-order valence-corrected chi connectivity index (χ0v) is 12.3. The smallest absolute Gasteiger partial charge is 0.0604 e. The number of hydrogen-bond donors (Lipinski definition) is 2. The summed E-state index contributed by atoms with van der Waals surface area (Å²) in [5.74, 6) is 0. The first-order valence-corrected chi connectivity index (χ1v) is 7.81. The Morgan fingerprint density at radius 2 is 1.63 bits per heavy atom. The minimum Gasteiger partial charge on any atom is -0.395 e. The van der Waals surface area contributed by atoms with E-state index in [0.29, 0.717) is 6.54 Å². The fourth-order valence-electron chi connectivity index (χ4n) is 2.37. The van der Waals surface area contributed by atoms with Gasteiger partial charge < -0.3 is 10.4 Å². The van der Waals surface area contributed by atoms with Crippen LogP contribution in [-0.2, 0) is 6.42 Å². The topological polar surface area (TPSA) is 32.3 Å². The number of aryl methyl sites for hydroxylation is 1. The summed E-state index contributed by atoms with van der Waals surface area (Å²) in [5, 5.41) is 12.2. The van der Waals surface area contributed by atoms with Crippen LogP contribution in [0.2, 0.25) is 0 Å². The van der Waals surface area contributed by atoms with Gasteiger partial charge in [0.05, 0.1) is 6.61 Å². The molecule has 0 atom stereocenters. The largest absolute Gasteiger partial charge is 0.395 e. The van der Waals surface area contributed by atoms with Crippen molar-refractivity contribution in [3.8, 4) is 0 Å². The highest BCUT2D eigenvalue weighted by Gasteiger charge is 2.00. The van der Waals surface area contributed by atoms with Crippen molar-refractivity contribution < 1.29 is 5.11 Å². The normalized spacial score (nSPS) is 10.6. The summed E-state index contributed by atoms with van der Waals surface area (Å²) in [5.41, 5.74) is 2.56. The van der Waals surface area contributed by atoms with Crippen molar-refractivity contribution in [2.45, 2.75) is 58.3 Å². The number of aliphatic hydroxyl groups excluding tert-OH is 1. The number of anilines is 1. The van der Waals surface area contributed by atoms with Crippen LogP contribution in [0.5, 0.6) is 0 Å². The summed E-state index contributed by atoms with van der Waals surface area (Å²) >= 11 is 0. The fraction of sp³-hybridized carbons (Fsp3) is 0.647. The van der Waals surface area contributed by atoms with Gasteiger partial charge in [-0.1, -0.05) is 63.6 Å². The predicted octanol–water partition coefficient (Wildman–Crippen LogP) is 4.38. The number of unbranched alkanes of at least 4 members (excludes halogenated alkanes) is 6. The average molecular weight is 263 g/mol. The molecule has 1 aromatic carbocycles. The molecular formula is C17H29NO. The number of nitrogens with one attached hydrogen (secondary N) is 1. The highest BCUT2D eigenvalue weighted by molar-refractivity contribution is 5.51. The molecule has 0 aliphatic rings. The Kier molecular flexibility index (Phi) is 9.17. The number of rotatable bonds is 11. The highest BCUT2D eigenvalue weighted by Crippen LogP contribution is 2.18. The first-order valence-electron chi connectivity index (χ1n) is 7.81. The van der Waals surface area contributed by atoms with Gasteiger partial charge in [0, 0.05) is 12.2 Å². The van der Waals surface area contributed by atoms with Crippen LogP contribution in [0.3, 0.4) is 0 Å². The molecule has 1 rings (SSSR count). The summed E-state index contributed by atoms with van der Waals surface area (Å²) in [6.07, 6.45) is 10.6. The average Bonchev–Trinajstić information content (AvgIpc) is 2.45. The third kappa shape index (κ3) is 7.22. The molecule has 0 saturated carbocycles. The summed E-state index contributed by atoms with van der Waals surface area (Å²) in [6.45, 7) is 3.08. The third-order valence-electron chi connectivity index (χ3n) is 3.49. The molecule has 2 N–H and O–H groups in total. The van der Waals surface area contributed by atoms with Gasteiger partial charge in [0.2, 0.25) is 0 Å². The van der Waals surface area contributed by atoms with Crippen LogP contribution in [0.4, 0.5) is 5.69 Å². The number of para-hydroxylation sites is 1. The summed E-state index contributed by atoms with van der Waals surface area (Å²) in [6, 6.07) is 8.44. The lowest BCUT2D eigenvalue weighted by Crippen LogP contribution is -2.07. The van der Waals surface area contributed by atoms with E-state index in [1.807, 2.05) is 6.07 Å². The second-order valence-corrected chi connectivity index (χ2v) is 5.18. The van der Waals surface area contributed by atoms with E-state index >= 15 is 0 Å². The van der Waals surface area contributed by atoms with Crippen LogP contribution in [0.15, 0.2) is 24.3 Å². The molecule has 0 aromatic heterocycles. The Hall–Kier alpha value is -1.02. The third-order valence-corrected chi connectivity index (χ3v) is 3.49. The minimum absolute atomic E-state index is 0.186. The van der Waals surface area contributed by atoms with Crippen molar-refractivity contribution in [2.24, 2.45) is 0 Å². The van der Waals surface area contributed by atoms with Crippen molar-refractivity contribution in [2.75, 3.05) is 18.5 Å². The van der Waals surface area contributed by atoms with Gasteiger partial charge in [-0.2, -0.15) is 0 Å². The monoisotopic (exact) mass is 263 g/mol. The molecule has 0 unspecified atom stereocenters. The standard InChI is InChI=1S/C17H29NO/c1-2-3-4-5-6-7-8-11-16-12-9-10-13-17(16)18-14-15-19/h9-10,12-13,18-19H,2-8,11,14-15H2,1H3.